The second-order valence-corrected chi connectivity index (χ2v) is 6.61. The average molecular weight is 350 g/mol. The van der Waals surface area contributed by atoms with Gasteiger partial charge in [0.05, 0.1) is 30.4 Å². The molecule has 0 bridgehead atoms. The first-order valence-corrected chi connectivity index (χ1v) is 8.77. The van der Waals surface area contributed by atoms with E-state index in [1.165, 1.54) is 7.11 Å². The summed E-state index contributed by atoms with van der Waals surface area (Å²) < 4.78 is 4.85. The van der Waals surface area contributed by atoms with Gasteiger partial charge in [0.2, 0.25) is 0 Å². The molecule has 0 N–H and O–H groups in total. The van der Waals surface area contributed by atoms with Gasteiger partial charge in [-0.15, -0.1) is 10.2 Å². The van der Waals surface area contributed by atoms with Crippen molar-refractivity contribution in [3.63, 3.8) is 0 Å². The minimum atomic E-state index is -0.0994. The summed E-state index contributed by atoms with van der Waals surface area (Å²) >= 11 is 0. The summed E-state index contributed by atoms with van der Waals surface area (Å²) in [7, 11) is 3.47. The molecule has 0 unspecified atom stereocenters. The predicted molar refractivity (Wildman–Crippen MR) is 98.3 cm³/mol. The number of carbonyl (C=O) groups is 1. The molecule has 0 spiro atoms. The van der Waals surface area contributed by atoms with Crippen molar-refractivity contribution in [2.45, 2.75) is 31.7 Å². The zero-order valence-corrected chi connectivity index (χ0v) is 15.1. The van der Waals surface area contributed by atoms with Gasteiger partial charge in [0.25, 0.3) is 0 Å². The normalized spacial score (nSPS) is 19.4. The zero-order chi connectivity index (χ0) is 18.5. The molecule has 1 aliphatic carbocycles. The number of anilines is 1. The molecule has 1 fully saturated rings. The van der Waals surface area contributed by atoms with Crippen LogP contribution in [0.5, 0.6) is 0 Å². The SMILES string of the molecule is COC(=O)C1CCC(N(C)c2ccc(-c3ccc(C#N)cc3)nn2)CC1. The van der Waals surface area contributed by atoms with E-state index in [2.05, 4.69) is 21.2 Å². The molecule has 0 aliphatic heterocycles. The number of ether oxygens (including phenoxy) is 1. The number of nitrogens with zero attached hydrogens (tertiary/aromatic N) is 4. The molecule has 0 atom stereocenters. The fraction of sp³-hybridized carbons (Fsp3) is 0.400. The van der Waals surface area contributed by atoms with Gasteiger partial charge in [-0.05, 0) is 49.9 Å². The highest BCUT2D eigenvalue weighted by Gasteiger charge is 2.29. The first-order chi connectivity index (χ1) is 12.6. The lowest BCUT2D eigenvalue weighted by molar-refractivity contribution is -0.146. The van der Waals surface area contributed by atoms with E-state index in [0.717, 1.165) is 42.8 Å². The fourth-order valence-electron chi connectivity index (χ4n) is 3.44. The van der Waals surface area contributed by atoms with Crippen molar-refractivity contribution in [3.8, 4) is 17.3 Å². The van der Waals surface area contributed by atoms with Crippen LogP contribution in [-0.4, -0.2) is 36.4 Å². The van der Waals surface area contributed by atoms with Gasteiger partial charge in [-0.25, -0.2) is 0 Å². The van der Waals surface area contributed by atoms with E-state index < -0.39 is 0 Å². The Morgan fingerprint density at radius 3 is 2.35 bits per heavy atom. The number of hydrogen-bond acceptors (Lipinski definition) is 6. The lowest BCUT2D eigenvalue weighted by atomic mass is 9.85. The second-order valence-electron chi connectivity index (χ2n) is 6.61. The third-order valence-electron chi connectivity index (χ3n) is 5.10. The summed E-state index contributed by atoms with van der Waals surface area (Å²) in [4.78, 5) is 13.8. The van der Waals surface area contributed by atoms with Crippen molar-refractivity contribution in [1.29, 1.82) is 5.26 Å². The monoisotopic (exact) mass is 350 g/mol. The molecule has 1 saturated carbocycles. The average Bonchev–Trinajstić information content (AvgIpc) is 2.73. The summed E-state index contributed by atoms with van der Waals surface area (Å²) in [5, 5.41) is 17.6. The molecule has 1 aliphatic rings. The Morgan fingerprint density at radius 1 is 1.12 bits per heavy atom. The zero-order valence-electron chi connectivity index (χ0n) is 15.1. The van der Waals surface area contributed by atoms with Crippen LogP contribution in [-0.2, 0) is 9.53 Å². The first kappa shape index (κ1) is 17.9. The number of nitriles is 1. The number of rotatable bonds is 4. The predicted octanol–water partition coefficient (Wildman–Crippen LogP) is 3.18. The number of aromatic nitrogens is 2. The van der Waals surface area contributed by atoms with E-state index in [1.54, 1.807) is 12.1 Å². The van der Waals surface area contributed by atoms with Crippen LogP contribution >= 0.6 is 0 Å². The van der Waals surface area contributed by atoms with E-state index in [9.17, 15) is 4.79 Å². The molecular weight excluding hydrogens is 328 g/mol. The minimum absolute atomic E-state index is 0.0227. The van der Waals surface area contributed by atoms with Crippen LogP contribution in [0.25, 0.3) is 11.3 Å². The van der Waals surface area contributed by atoms with Crippen molar-refractivity contribution < 1.29 is 9.53 Å². The Kier molecular flexibility index (Phi) is 5.47. The Hall–Kier alpha value is -2.94. The van der Waals surface area contributed by atoms with E-state index in [1.807, 2.05) is 31.3 Å². The minimum Gasteiger partial charge on any atom is -0.469 e. The maximum absolute atomic E-state index is 11.6. The molecule has 3 rings (SSSR count). The Labute approximate surface area is 153 Å². The summed E-state index contributed by atoms with van der Waals surface area (Å²) in [6.45, 7) is 0. The maximum Gasteiger partial charge on any atom is 0.308 e. The van der Waals surface area contributed by atoms with Gasteiger partial charge >= 0.3 is 5.97 Å². The molecule has 2 aromatic rings. The summed E-state index contributed by atoms with van der Waals surface area (Å²) in [5.74, 6) is 0.746. The van der Waals surface area contributed by atoms with E-state index in [-0.39, 0.29) is 11.9 Å². The van der Waals surface area contributed by atoms with Gasteiger partial charge in [0.15, 0.2) is 5.82 Å². The van der Waals surface area contributed by atoms with Crippen molar-refractivity contribution in [1.82, 2.24) is 10.2 Å². The topological polar surface area (TPSA) is 79.1 Å². The number of methoxy groups -OCH3 is 1. The number of carbonyl (C=O) groups excluding carboxylic acids is 1. The third kappa shape index (κ3) is 3.83. The summed E-state index contributed by atoms with van der Waals surface area (Å²) in [6.07, 6.45) is 3.57. The van der Waals surface area contributed by atoms with Crippen LogP contribution in [0.4, 0.5) is 5.82 Å². The van der Waals surface area contributed by atoms with Gasteiger partial charge < -0.3 is 9.64 Å². The molecule has 134 valence electrons. The van der Waals surface area contributed by atoms with Crippen LogP contribution in [0.3, 0.4) is 0 Å². The number of esters is 1. The third-order valence-corrected chi connectivity index (χ3v) is 5.10. The molecule has 1 aromatic carbocycles. The lowest BCUT2D eigenvalue weighted by Crippen LogP contribution is -2.37. The van der Waals surface area contributed by atoms with E-state index in [0.29, 0.717) is 11.6 Å². The Balaban J connectivity index is 1.65. The van der Waals surface area contributed by atoms with Crippen molar-refractivity contribution in [3.05, 3.63) is 42.0 Å². The Bertz CT molecular complexity index is 788. The van der Waals surface area contributed by atoms with Crippen molar-refractivity contribution >= 4 is 11.8 Å². The second kappa shape index (κ2) is 7.96. The fourth-order valence-corrected chi connectivity index (χ4v) is 3.44. The van der Waals surface area contributed by atoms with Gasteiger partial charge in [-0.2, -0.15) is 5.26 Å². The molecule has 26 heavy (non-hydrogen) atoms. The highest BCUT2D eigenvalue weighted by atomic mass is 16.5. The lowest BCUT2D eigenvalue weighted by Gasteiger charge is -2.34. The van der Waals surface area contributed by atoms with Gasteiger partial charge in [0, 0.05) is 18.7 Å². The van der Waals surface area contributed by atoms with Crippen molar-refractivity contribution in [2.75, 3.05) is 19.1 Å². The standard InChI is InChI=1S/C20H22N4O2/c1-24(17-9-7-16(8-10-17)20(25)26-2)19-12-11-18(22-23-19)15-5-3-14(13-21)4-6-15/h3-6,11-12,16-17H,7-10H2,1-2H3. The van der Waals surface area contributed by atoms with Gasteiger partial charge in [-0.1, -0.05) is 12.1 Å². The molecule has 6 nitrogen and oxygen atoms in total. The largest absolute Gasteiger partial charge is 0.469 e. The molecule has 1 aromatic heterocycles. The van der Waals surface area contributed by atoms with E-state index >= 15 is 0 Å². The van der Waals surface area contributed by atoms with Crippen LogP contribution in [0, 0.1) is 17.2 Å². The maximum atomic E-state index is 11.6. The first-order valence-electron chi connectivity index (χ1n) is 8.77. The number of benzene rings is 1. The van der Waals surface area contributed by atoms with Gasteiger partial charge in [-0.3, -0.25) is 4.79 Å². The number of hydrogen-bond donors (Lipinski definition) is 0. The summed E-state index contributed by atoms with van der Waals surface area (Å²) in [5.41, 5.74) is 2.34. The van der Waals surface area contributed by atoms with Gasteiger partial charge in [0.1, 0.15) is 0 Å². The molecule has 0 amide bonds. The Morgan fingerprint density at radius 2 is 1.81 bits per heavy atom. The van der Waals surface area contributed by atoms with Crippen molar-refractivity contribution in [2.24, 2.45) is 5.92 Å². The van der Waals surface area contributed by atoms with E-state index in [4.69, 9.17) is 10.00 Å². The smallest absolute Gasteiger partial charge is 0.308 e. The van der Waals surface area contributed by atoms with Crippen LogP contribution < -0.4 is 4.90 Å². The molecule has 0 saturated heterocycles. The van der Waals surface area contributed by atoms with Crippen LogP contribution in [0.15, 0.2) is 36.4 Å². The molecule has 0 radical (unpaired) electrons. The molecule has 1 heterocycles. The molecule has 6 heteroatoms. The summed E-state index contributed by atoms with van der Waals surface area (Å²) in [6, 6.07) is 13.7. The highest BCUT2D eigenvalue weighted by Crippen LogP contribution is 2.30. The van der Waals surface area contributed by atoms with Crippen LogP contribution in [0.1, 0.15) is 31.2 Å². The van der Waals surface area contributed by atoms with Crippen LogP contribution in [0.2, 0.25) is 0 Å². The molecular formula is C20H22N4O2. The quantitative estimate of drug-likeness (QED) is 0.788. The highest BCUT2D eigenvalue weighted by molar-refractivity contribution is 5.72.